The molecule has 0 aromatic heterocycles. The fourth-order valence-corrected chi connectivity index (χ4v) is 1.63. The molecule has 0 saturated heterocycles. The van der Waals surface area contributed by atoms with Crippen molar-refractivity contribution >= 4 is 5.78 Å². The van der Waals surface area contributed by atoms with Crippen LogP contribution >= 0.6 is 0 Å². The Kier molecular flexibility index (Phi) is 4.76. The van der Waals surface area contributed by atoms with Gasteiger partial charge in [0.2, 0.25) is 0 Å². The first-order valence-corrected chi connectivity index (χ1v) is 5.27. The predicted octanol–water partition coefficient (Wildman–Crippen LogP) is 2.06. The highest BCUT2D eigenvalue weighted by Gasteiger charge is 2.10. The van der Waals surface area contributed by atoms with E-state index in [-0.39, 0.29) is 0 Å². The first-order chi connectivity index (χ1) is 6.34. The smallest absolute Gasteiger partial charge is 0.159 e. The van der Waals surface area contributed by atoms with E-state index in [1.165, 1.54) is 12.8 Å². The van der Waals surface area contributed by atoms with Crippen LogP contribution in [0.3, 0.4) is 0 Å². The van der Waals surface area contributed by atoms with Crippen molar-refractivity contribution in [3.05, 3.63) is 11.6 Å². The summed E-state index contributed by atoms with van der Waals surface area (Å²) in [6, 6.07) is 0. The van der Waals surface area contributed by atoms with E-state index in [1.54, 1.807) is 0 Å². The molecular formula is C11H19NO. The largest absolute Gasteiger partial charge is 0.317 e. The summed E-state index contributed by atoms with van der Waals surface area (Å²) >= 11 is 0. The molecule has 0 aliphatic heterocycles. The number of hydrogen-bond donors (Lipinski definition) is 1. The molecule has 0 atom stereocenters. The molecule has 0 heterocycles. The maximum Gasteiger partial charge on any atom is 0.159 e. The van der Waals surface area contributed by atoms with Crippen molar-refractivity contribution in [1.29, 1.82) is 0 Å². The van der Waals surface area contributed by atoms with E-state index in [9.17, 15) is 4.79 Å². The van der Waals surface area contributed by atoms with Gasteiger partial charge in [-0.25, -0.2) is 0 Å². The molecule has 0 unspecified atom stereocenters. The predicted molar refractivity (Wildman–Crippen MR) is 54.7 cm³/mol. The van der Waals surface area contributed by atoms with Crippen LogP contribution in [0.4, 0.5) is 0 Å². The van der Waals surface area contributed by atoms with Gasteiger partial charge in [0.15, 0.2) is 5.78 Å². The molecule has 74 valence electrons. The maximum absolute atomic E-state index is 11.6. The van der Waals surface area contributed by atoms with E-state index in [2.05, 4.69) is 18.3 Å². The Hall–Kier alpha value is -0.630. The number of allylic oxidation sites excluding steroid dienone is 2. The Morgan fingerprint density at radius 2 is 2.38 bits per heavy atom. The SMILES string of the molecule is CCNCCC(=O)C1=CCCCC1. The van der Waals surface area contributed by atoms with Gasteiger partial charge in [-0.2, -0.15) is 0 Å². The van der Waals surface area contributed by atoms with Gasteiger partial charge in [0.05, 0.1) is 0 Å². The van der Waals surface area contributed by atoms with E-state index in [1.807, 2.05) is 0 Å². The van der Waals surface area contributed by atoms with Crippen LogP contribution in [0.1, 0.15) is 39.0 Å². The lowest BCUT2D eigenvalue weighted by molar-refractivity contribution is -0.115. The molecule has 1 aliphatic carbocycles. The summed E-state index contributed by atoms with van der Waals surface area (Å²) in [5.74, 6) is 0.348. The van der Waals surface area contributed by atoms with E-state index in [0.717, 1.165) is 31.5 Å². The van der Waals surface area contributed by atoms with Crippen molar-refractivity contribution in [1.82, 2.24) is 5.32 Å². The van der Waals surface area contributed by atoms with Crippen LogP contribution in [0, 0.1) is 0 Å². The van der Waals surface area contributed by atoms with Crippen molar-refractivity contribution in [2.75, 3.05) is 13.1 Å². The van der Waals surface area contributed by atoms with Gasteiger partial charge in [-0.1, -0.05) is 13.0 Å². The van der Waals surface area contributed by atoms with Crippen molar-refractivity contribution in [2.24, 2.45) is 0 Å². The van der Waals surface area contributed by atoms with Gasteiger partial charge in [0, 0.05) is 13.0 Å². The minimum absolute atomic E-state index is 0.348. The van der Waals surface area contributed by atoms with Crippen molar-refractivity contribution in [2.45, 2.75) is 39.0 Å². The van der Waals surface area contributed by atoms with Gasteiger partial charge in [-0.3, -0.25) is 4.79 Å². The second-order valence-electron chi connectivity index (χ2n) is 3.50. The Balaban J connectivity index is 2.25. The second kappa shape index (κ2) is 5.92. The molecule has 1 N–H and O–H groups in total. The number of rotatable bonds is 5. The molecule has 13 heavy (non-hydrogen) atoms. The van der Waals surface area contributed by atoms with Gasteiger partial charge in [0.1, 0.15) is 0 Å². The third-order valence-electron chi connectivity index (χ3n) is 2.43. The lowest BCUT2D eigenvalue weighted by Gasteiger charge is -2.11. The third kappa shape index (κ3) is 3.73. The van der Waals surface area contributed by atoms with Gasteiger partial charge in [-0.05, 0) is 37.8 Å². The number of hydrogen-bond acceptors (Lipinski definition) is 2. The fraction of sp³-hybridized carbons (Fsp3) is 0.727. The zero-order valence-electron chi connectivity index (χ0n) is 8.44. The van der Waals surface area contributed by atoms with Crippen LogP contribution in [0.5, 0.6) is 0 Å². The number of carbonyl (C=O) groups is 1. The highest BCUT2D eigenvalue weighted by molar-refractivity contribution is 5.95. The zero-order valence-corrected chi connectivity index (χ0v) is 8.44. The van der Waals surface area contributed by atoms with Gasteiger partial charge in [0.25, 0.3) is 0 Å². The Labute approximate surface area is 80.4 Å². The van der Waals surface area contributed by atoms with Gasteiger partial charge in [-0.15, -0.1) is 0 Å². The number of ketones is 1. The van der Waals surface area contributed by atoms with Crippen LogP contribution < -0.4 is 5.32 Å². The summed E-state index contributed by atoms with van der Waals surface area (Å²) in [5.41, 5.74) is 1.07. The quantitative estimate of drug-likeness (QED) is 0.658. The normalized spacial score (nSPS) is 16.8. The van der Waals surface area contributed by atoms with E-state index in [0.29, 0.717) is 12.2 Å². The Morgan fingerprint density at radius 1 is 1.54 bits per heavy atom. The number of nitrogens with one attached hydrogen (secondary N) is 1. The molecule has 0 fully saturated rings. The lowest BCUT2D eigenvalue weighted by Crippen LogP contribution is -2.18. The average molecular weight is 181 g/mol. The standard InChI is InChI=1S/C11H19NO/c1-2-12-9-8-11(13)10-6-4-3-5-7-10/h6,12H,2-5,7-9H2,1H3. The first-order valence-electron chi connectivity index (χ1n) is 5.27. The molecule has 2 nitrogen and oxygen atoms in total. The summed E-state index contributed by atoms with van der Waals surface area (Å²) in [5, 5.41) is 3.17. The van der Waals surface area contributed by atoms with E-state index >= 15 is 0 Å². The maximum atomic E-state index is 11.6. The van der Waals surface area contributed by atoms with Crippen LogP contribution in [0.2, 0.25) is 0 Å². The van der Waals surface area contributed by atoms with Crippen LogP contribution in [-0.4, -0.2) is 18.9 Å². The molecule has 1 rings (SSSR count). The van der Waals surface area contributed by atoms with Gasteiger partial charge >= 0.3 is 0 Å². The summed E-state index contributed by atoms with van der Waals surface area (Å²) < 4.78 is 0. The molecule has 1 aliphatic rings. The summed E-state index contributed by atoms with van der Waals surface area (Å²) in [4.78, 5) is 11.6. The highest BCUT2D eigenvalue weighted by Crippen LogP contribution is 2.18. The van der Waals surface area contributed by atoms with Crippen LogP contribution in [-0.2, 0) is 4.79 Å². The summed E-state index contributed by atoms with van der Waals surface area (Å²) in [6.45, 7) is 3.84. The molecule has 0 spiro atoms. The molecule has 2 heteroatoms. The van der Waals surface area contributed by atoms with Crippen molar-refractivity contribution < 1.29 is 4.79 Å². The molecule has 0 bridgehead atoms. The van der Waals surface area contributed by atoms with Crippen molar-refractivity contribution in [3.63, 3.8) is 0 Å². The van der Waals surface area contributed by atoms with Crippen LogP contribution in [0.25, 0.3) is 0 Å². The molecule has 0 aromatic rings. The molecule has 0 amide bonds. The topological polar surface area (TPSA) is 29.1 Å². The molecule has 0 saturated carbocycles. The minimum Gasteiger partial charge on any atom is -0.317 e. The van der Waals surface area contributed by atoms with Gasteiger partial charge < -0.3 is 5.32 Å². The summed E-state index contributed by atoms with van der Waals surface area (Å²) in [7, 11) is 0. The number of Topliss-reactive ketones (excluding diaryl/α,β-unsaturated/α-hetero) is 1. The first kappa shape index (κ1) is 10.5. The lowest BCUT2D eigenvalue weighted by atomic mass is 9.95. The fourth-order valence-electron chi connectivity index (χ4n) is 1.63. The molecular weight excluding hydrogens is 162 g/mol. The zero-order chi connectivity index (χ0) is 9.52. The van der Waals surface area contributed by atoms with E-state index < -0.39 is 0 Å². The average Bonchev–Trinajstić information content (AvgIpc) is 2.19. The van der Waals surface area contributed by atoms with E-state index in [4.69, 9.17) is 0 Å². The monoisotopic (exact) mass is 181 g/mol. The third-order valence-corrected chi connectivity index (χ3v) is 2.43. The van der Waals surface area contributed by atoms with Crippen molar-refractivity contribution in [3.8, 4) is 0 Å². The minimum atomic E-state index is 0.348. The Morgan fingerprint density at radius 3 is 3.00 bits per heavy atom. The number of carbonyl (C=O) groups excluding carboxylic acids is 1. The molecule has 0 aromatic carbocycles. The Bertz CT molecular complexity index is 196. The summed E-state index contributed by atoms with van der Waals surface area (Å²) in [6.07, 6.45) is 7.34. The molecule has 0 radical (unpaired) electrons. The second-order valence-corrected chi connectivity index (χ2v) is 3.50. The van der Waals surface area contributed by atoms with Crippen LogP contribution in [0.15, 0.2) is 11.6 Å². The highest BCUT2D eigenvalue weighted by atomic mass is 16.1.